The fourth-order valence-electron chi connectivity index (χ4n) is 2.45. The van der Waals surface area contributed by atoms with E-state index >= 15 is 0 Å². The van der Waals surface area contributed by atoms with E-state index in [9.17, 15) is 4.79 Å². The minimum absolute atomic E-state index is 0.0211. The monoisotopic (exact) mass is 376 g/mol. The third kappa shape index (κ3) is 7.44. The second kappa shape index (κ2) is 10.8. The van der Waals surface area contributed by atoms with Crippen molar-refractivity contribution in [3.8, 4) is 5.75 Å². The minimum atomic E-state index is -0.0211. The van der Waals surface area contributed by atoms with Crippen molar-refractivity contribution in [2.24, 2.45) is 0 Å². The van der Waals surface area contributed by atoms with Crippen LogP contribution in [-0.4, -0.2) is 44.7 Å². The number of nitrogens with one attached hydrogen (secondary N) is 1. The van der Waals surface area contributed by atoms with Gasteiger partial charge in [-0.2, -0.15) is 0 Å². The molecule has 0 aliphatic rings. The number of hydrogen-bond acceptors (Lipinski definition) is 4. The van der Waals surface area contributed by atoms with E-state index in [1.807, 2.05) is 60.5 Å². The Labute approximate surface area is 159 Å². The molecular weight excluding hydrogens is 352 g/mol. The summed E-state index contributed by atoms with van der Waals surface area (Å²) in [6.45, 7) is 2.53. The Hall–Kier alpha value is -2.08. The highest BCUT2D eigenvalue weighted by molar-refractivity contribution is 6.30. The average Bonchev–Trinajstić information content (AvgIpc) is 2.62. The van der Waals surface area contributed by atoms with E-state index in [0.29, 0.717) is 37.9 Å². The van der Waals surface area contributed by atoms with Crippen molar-refractivity contribution in [1.29, 1.82) is 0 Å². The second-order valence-electron chi connectivity index (χ2n) is 6.06. The normalized spacial score (nSPS) is 10.8. The SMILES string of the molecule is COCCOc1cccc(CNC(=O)CN(C)Cc2ccc(Cl)cc2)c1. The van der Waals surface area contributed by atoms with Crippen molar-refractivity contribution in [3.05, 3.63) is 64.7 Å². The Balaban J connectivity index is 1.75. The molecule has 2 aromatic carbocycles. The molecule has 0 fully saturated rings. The Morgan fingerprint density at radius 3 is 2.62 bits per heavy atom. The summed E-state index contributed by atoms with van der Waals surface area (Å²) in [6, 6.07) is 15.3. The molecule has 0 aliphatic heterocycles. The lowest BCUT2D eigenvalue weighted by atomic mass is 10.2. The Bertz CT molecular complexity index is 692. The molecule has 2 rings (SSSR count). The lowest BCUT2D eigenvalue weighted by molar-refractivity contribution is -0.122. The number of nitrogens with zero attached hydrogens (tertiary/aromatic N) is 1. The molecule has 0 aromatic heterocycles. The zero-order valence-electron chi connectivity index (χ0n) is 15.2. The summed E-state index contributed by atoms with van der Waals surface area (Å²) in [4.78, 5) is 14.1. The lowest BCUT2D eigenvalue weighted by Crippen LogP contribution is -2.34. The summed E-state index contributed by atoms with van der Waals surface area (Å²) in [7, 11) is 3.55. The van der Waals surface area contributed by atoms with E-state index in [-0.39, 0.29) is 5.91 Å². The van der Waals surface area contributed by atoms with Gasteiger partial charge in [-0.3, -0.25) is 9.69 Å². The summed E-state index contributed by atoms with van der Waals surface area (Å²) < 4.78 is 10.5. The van der Waals surface area contributed by atoms with Crippen molar-refractivity contribution >= 4 is 17.5 Å². The fraction of sp³-hybridized carbons (Fsp3) is 0.350. The van der Waals surface area contributed by atoms with Crippen LogP contribution in [-0.2, 0) is 22.6 Å². The smallest absolute Gasteiger partial charge is 0.234 e. The van der Waals surface area contributed by atoms with Gasteiger partial charge in [0.2, 0.25) is 5.91 Å². The van der Waals surface area contributed by atoms with E-state index in [4.69, 9.17) is 21.1 Å². The maximum absolute atomic E-state index is 12.1. The Morgan fingerprint density at radius 2 is 1.88 bits per heavy atom. The minimum Gasteiger partial charge on any atom is -0.491 e. The summed E-state index contributed by atoms with van der Waals surface area (Å²) in [5.74, 6) is 0.751. The second-order valence-corrected chi connectivity index (χ2v) is 6.50. The molecule has 0 spiro atoms. The zero-order chi connectivity index (χ0) is 18.8. The van der Waals surface area contributed by atoms with Crippen LogP contribution >= 0.6 is 11.6 Å². The van der Waals surface area contributed by atoms with E-state index in [1.165, 1.54) is 0 Å². The van der Waals surface area contributed by atoms with Crippen molar-refractivity contribution < 1.29 is 14.3 Å². The van der Waals surface area contributed by atoms with Gasteiger partial charge < -0.3 is 14.8 Å². The molecule has 0 saturated heterocycles. The first kappa shape index (κ1) is 20.2. The van der Waals surface area contributed by atoms with Gasteiger partial charge in [0.05, 0.1) is 13.2 Å². The van der Waals surface area contributed by atoms with Crippen LogP contribution in [0.25, 0.3) is 0 Å². The molecule has 2 aromatic rings. The van der Waals surface area contributed by atoms with Crippen molar-refractivity contribution in [1.82, 2.24) is 10.2 Å². The van der Waals surface area contributed by atoms with Gasteiger partial charge in [-0.05, 0) is 42.4 Å². The van der Waals surface area contributed by atoms with E-state index in [0.717, 1.165) is 16.9 Å². The summed E-state index contributed by atoms with van der Waals surface area (Å²) >= 11 is 5.89. The number of amides is 1. The first-order valence-electron chi connectivity index (χ1n) is 8.47. The molecule has 0 atom stereocenters. The van der Waals surface area contributed by atoms with Gasteiger partial charge in [0.15, 0.2) is 0 Å². The van der Waals surface area contributed by atoms with Crippen LogP contribution in [0.4, 0.5) is 0 Å². The largest absolute Gasteiger partial charge is 0.491 e. The molecule has 6 heteroatoms. The van der Waals surface area contributed by atoms with Crippen LogP contribution in [0, 0.1) is 0 Å². The average molecular weight is 377 g/mol. The van der Waals surface area contributed by atoms with Gasteiger partial charge in [-0.25, -0.2) is 0 Å². The molecular formula is C20H25ClN2O3. The topological polar surface area (TPSA) is 50.8 Å². The first-order chi connectivity index (χ1) is 12.6. The van der Waals surface area contributed by atoms with Gasteiger partial charge in [0, 0.05) is 25.2 Å². The van der Waals surface area contributed by atoms with Crippen LogP contribution < -0.4 is 10.1 Å². The van der Waals surface area contributed by atoms with Crippen LogP contribution in [0.3, 0.4) is 0 Å². The zero-order valence-corrected chi connectivity index (χ0v) is 16.0. The van der Waals surface area contributed by atoms with Crippen molar-refractivity contribution in [3.63, 3.8) is 0 Å². The number of carbonyl (C=O) groups excluding carboxylic acids is 1. The maximum atomic E-state index is 12.1. The Kier molecular flexibility index (Phi) is 8.41. The number of halogens is 1. The molecule has 140 valence electrons. The predicted octanol–water partition coefficient (Wildman–Crippen LogP) is 3.11. The third-order valence-corrected chi connectivity index (χ3v) is 3.98. The highest BCUT2D eigenvalue weighted by Crippen LogP contribution is 2.13. The van der Waals surface area contributed by atoms with Gasteiger partial charge in [0.25, 0.3) is 0 Å². The highest BCUT2D eigenvalue weighted by atomic mass is 35.5. The molecule has 1 amide bonds. The standard InChI is InChI=1S/C20H25ClN2O3/c1-23(14-16-6-8-18(21)9-7-16)15-20(24)22-13-17-4-3-5-19(12-17)26-11-10-25-2/h3-9,12H,10-11,13-15H2,1-2H3,(H,22,24). The molecule has 0 radical (unpaired) electrons. The van der Waals surface area contributed by atoms with E-state index in [2.05, 4.69) is 5.32 Å². The van der Waals surface area contributed by atoms with Gasteiger partial charge in [-0.1, -0.05) is 35.9 Å². The summed E-state index contributed by atoms with van der Waals surface area (Å²) in [5.41, 5.74) is 2.11. The predicted molar refractivity (Wildman–Crippen MR) is 103 cm³/mol. The van der Waals surface area contributed by atoms with E-state index < -0.39 is 0 Å². The molecule has 0 saturated carbocycles. The van der Waals surface area contributed by atoms with Crippen molar-refractivity contribution in [2.75, 3.05) is 33.9 Å². The molecule has 26 heavy (non-hydrogen) atoms. The van der Waals surface area contributed by atoms with Crippen LogP contribution in [0.1, 0.15) is 11.1 Å². The molecule has 0 aliphatic carbocycles. The lowest BCUT2D eigenvalue weighted by Gasteiger charge is -2.16. The maximum Gasteiger partial charge on any atom is 0.234 e. The number of rotatable bonds is 10. The molecule has 0 bridgehead atoms. The van der Waals surface area contributed by atoms with Crippen LogP contribution in [0.15, 0.2) is 48.5 Å². The highest BCUT2D eigenvalue weighted by Gasteiger charge is 2.07. The summed E-state index contributed by atoms with van der Waals surface area (Å²) in [6.07, 6.45) is 0. The van der Waals surface area contributed by atoms with E-state index in [1.54, 1.807) is 7.11 Å². The third-order valence-electron chi connectivity index (χ3n) is 3.72. The first-order valence-corrected chi connectivity index (χ1v) is 8.85. The fourth-order valence-corrected chi connectivity index (χ4v) is 2.57. The molecule has 1 N–H and O–H groups in total. The van der Waals surface area contributed by atoms with Gasteiger partial charge in [-0.15, -0.1) is 0 Å². The molecule has 0 unspecified atom stereocenters. The van der Waals surface area contributed by atoms with Crippen LogP contribution in [0.5, 0.6) is 5.75 Å². The number of carbonyl (C=O) groups is 1. The van der Waals surface area contributed by atoms with Crippen molar-refractivity contribution in [2.45, 2.75) is 13.1 Å². The number of likely N-dealkylation sites (N-methyl/N-ethyl adjacent to an activating group) is 1. The Morgan fingerprint density at radius 1 is 1.12 bits per heavy atom. The summed E-state index contributed by atoms with van der Waals surface area (Å²) in [5, 5.41) is 3.65. The number of ether oxygens (including phenoxy) is 2. The molecule has 0 heterocycles. The number of methoxy groups -OCH3 is 1. The van der Waals surface area contributed by atoms with Gasteiger partial charge >= 0.3 is 0 Å². The van der Waals surface area contributed by atoms with Gasteiger partial charge in [0.1, 0.15) is 12.4 Å². The molecule has 5 nitrogen and oxygen atoms in total. The number of benzene rings is 2. The van der Waals surface area contributed by atoms with Crippen LogP contribution in [0.2, 0.25) is 5.02 Å². The quantitative estimate of drug-likeness (QED) is 0.647. The number of hydrogen-bond donors (Lipinski definition) is 1.